The minimum absolute atomic E-state index is 0.0280. The van der Waals surface area contributed by atoms with E-state index in [1.165, 1.54) is 0 Å². The summed E-state index contributed by atoms with van der Waals surface area (Å²) in [5.74, 6) is 0.0280. The maximum atomic E-state index is 12.4. The molecule has 0 bridgehead atoms. The average molecular weight is 251 g/mol. The molecule has 5 heteroatoms. The van der Waals surface area contributed by atoms with Crippen molar-refractivity contribution in [2.75, 3.05) is 20.3 Å². The number of rotatable bonds is 4. The van der Waals surface area contributed by atoms with E-state index in [9.17, 15) is 4.79 Å². The van der Waals surface area contributed by atoms with Gasteiger partial charge in [0.15, 0.2) is 5.69 Å². The van der Waals surface area contributed by atoms with Gasteiger partial charge in [0, 0.05) is 31.5 Å². The van der Waals surface area contributed by atoms with Gasteiger partial charge in [0.1, 0.15) is 0 Å². The molecule has 0 aromatic carbocycles. The molecule has 18 heavy (non-hydrogen) atoms. The summed E-state index contributed by atoms with van der Waals surface area (Å²) in [6.07, 6.45) is 2.82. The minimum atomic E-state index is 0.0280. The van der Waals surface area contributed by atoms with Crippen LogP contribution in [0.2, 0.25) is 0 Å². The van der Waals surface area contributed by atoms with Gasteiger partial charge in [0.25, 0.3) is 5.91 Å². The minimum Gasteiger partial charge on any atom is -0.383 e. The van der Waals surface area contributed by atoms with Crippen LogP contribution in [0.4, 0.5) is 0 Å². The second-order valence-corrected chi connectivity index (χ2v) is 4.98. The van der Waals surface area contributed by atoms with Crippen LogP contribution in [0.25, 0.3) is 0 Å². The molecular formula is C13H21N3O2. The standard InChI is InChI=1S/C13H21N3O2/c1-5-15-11(8-18-4)6-10-7-16(9(2)3)14-12(10)13(15)17/h7,9,11H,5-6,8H2,1-4H3. The summed E-state index contributed by atoms with van der Waals surface area (Å²) in [5, 5.41) is 4.41. The number of likely N-dealkylation sites (N-methyl/N-ethyl adjacent to an activating group) is 1. The van der Waals surface area contributed by atoms with E-state index in [0.29, 0.717) is 18.8 Å². The lowest BCUT2D eigenvalue weighted by Crippen LogP contribution is -2.47. The van der Waals surface area contributed by atoms with Crippen molar-refractivity contribution in [2.45, 2.75) is 39.3 Å². The van der Waals surface area contributed by atoms with Crippen molar-refractivity contribution in [1.82, 2.24) is 14.7 Å². The first-order valence-electron chi connectivity index (χ1n) is 6.46. The van der Waals surface area contributed by atoms with E-state index in [2.05, 4.69) is 18.9 Å². The zero-order valence-corrected chi connectivity index (χ0v) is 11.5. The molecule has 0 aliphatic carbocycles. The number of hydrogen-bond donors (Lipinski definition) is 0. The summed E-state index contributed by atoms with van der Waals surface area (Å²) in [6, 6.07) is 0.407. The van der Waals surface area contributed by atoms with E-state index in [-0.39, 0.29) is 18.0 Å². The Morgan fingerprint density at radius 3 is 2.83 bits per heavy atom. The normalized spacial score (nSPS) is 19.5. The zero-order valence-electron chi connectivity index (χ0n) is 11.5. The van der Waals surface area contributed by atoms with Crippen molar-refractivity contribution in [3.05, 3.63) is 17.5 Å². The highest BCUT2D eigenvalue weighted by atomic mass is 16.5. The number of methoxy groups -OCH3 is 1. The first-order chi connectivity index (χ1) is 8.58. The zero-order chi connectivity index (χ0) is 13.3. The molecule has 0 saturated heterocycles. The van der Waals surface area contributed by atoms with E-state index < -0.39 is 0 Å². The third-order valence-electron chi connectivity index (χ3n) is 3.40. The highest BCUT2D eigenvalue weighted by molar-refractivity contribution is 5.95. The Morgan fingerprint density at radius 2 is 2.28 bits per heavy atom. The molecule has 5 nitrogen and oxygen atoms in total. The topological polar surface area (TPSA) is 47.4 Å². The van der Waals surface area contributed by atoms with Gasteiger partial charge in [0.2, 0.25) is 0 Å². The van der Waals surface area contributed by atoms with Crippen molar-refractivity contribution < 1.29 is 9.53 Å². The van der Waals surface area contributed by atoms with Gasteiger partial charge in [-0.1, -0.05) is 0 Å². The van der Waals surface area contributed by atoms with Crippen LogP contribution in [-0.2, 0) is 11.2 Å². The van der Waals surface area contributed by atoms with Gasteiger partial charge >= 0.3 is 0 Å². The van der Waals surface area contributed by atoms with Gasteiger partial charge in [-0.3, -0.25) is 9.48 Å². The second-order valence-electron chi connectivity index (χ2n) is 4.98. The molecule has 1 aliphatic rings. The number of aromatic nitrogens is 2. The number of nitrogens with zero attached hydrogens (tertiary/aromatic N) is 3. The van der Waals surface area contributed by atoms with E-state index in [1.807, 2.05) is 22.7 Å². The van der Waals surface area contributed by atoms with Crippen LogP contribution in [0.3, 0.4) is 0 Å². The molecule has 0 saturated carbocycles. The molecule has 0 N–H and O–H groups in total. The van der Waals surface area contributed by atoms with Gasteiger partial charge in [-0.15, -0.1) is 0 Å². The Balaban J connectivity index is 2.34. The van der Waals surface area contributed by atoms with Gasteiger partial charge < -0.3 is 9.64 Å². The maximum absolute atomic E-state index is 12.4. The van der Waals surface area contributed by atoms with Crippen molar-refractivity contribution in [2.24, 2.45) is 0 Å². The van der Waals surface area contributed by atoms with E-state index in [1.54, 1.807) is 7.11 Å². The summed E-state index contributed by atoms with van der Waals surface area (Å²) in [6.45, 7) is 7.39. The van der Waals surface area contributed by atoms with Crippen LogP contribution < -0.4 is 0 Å². The lowest BCUT2D eigenvalue weighted by atomic mass is 10.00. The Morgan fingerprint density at radius 1 is 1.56 bits per heavy atom. The lowest BCUT2D eigenvalue weighted by molar-refractivity contribution is 0.0505. The molecule has 100 valence electrons. The molecule has 2 rings (SSSR count). The Hall–Kier alpha value is -1.36. The first-order valence-corrected chi connectivity index (χ1v) is 6.46. The van der Waals surface area contributed by atoms with Crippen molar-refractivity contribution in [3.8, 4) is 0 Å². The fraction of sp³-hybridized carbons (Fsp3) is 0.692. The maximum Gasteiger partial charge on any atom is 0.274 e. The Labute approximate surface area is 108 Å². The quantitative estimate of drug-likeness (QED) is 0.814. The number of carbonyl (C=O) groups is 1. The third-order valence-corrected chi connectivity index (χ3v) is 3.40. The van der Waals surface area contributed by atoms with E-state index in [4.69, 9.17) is 4.74 Å². The molecule has 0 spiro atoms. The number of ether oxygens (including phenoxy) is 1. The number of hydrogen-bond acceptors (Lipinski definition) is 3. The third kappa shape index (κ3) is 2.14. The SMILES string of the molecule is CCN1C(=O)c2nn(C(C)C)cc2CC1COC. The number of fused-ring (bicyclic) bond motifs is 1. The summed E-state index contributed by atoms with van der Waals surface area (Å²) in [4.78, 5) is 14.2. The van der Waals surface area contributed by atoms with Crippen molar-refractivity contribution in [1.29, 1.82) is 0 Å². The molecule has 1 aromatic heterocycles. The largest absolute Gasteiger partial charge is 0.383 e. The summed E-state index contributed by atoms with van der Waals surface area (Å²) in [5.41, 5.74) is 1.65. The highest BCUT2D eigenvalue weighted by Gasteiger charge is 2.33. The van der Waals surface area contributed by atoms with Gasteiger partial charge in [-0.25, -0.2) is 0 Å². The van der Waals surface area contributed by atoms with Crippen LogP contribution in [0.15, 0.2) is 6.20 Å². The second kappa shape index (κ2) is 5.10. The molecule has 1 unspecified atom stereocenters. The summed E-state index contributed by atoms with van der Waals surface area (Å²) in [7, 11) is 1.67. The highest BCUT2D eigenvalue weighted by Crippen LogP contribution is 2.23. The van der Waals surface area contributed by atoms with Crippen molar-refractivity contribution in [3.63, 3.8) is 0 Å². The summed E-state index contributed by atoms with van der Waals surface area (Å²) >= 11 is 0. The molecule has 1 atom stereocenters. The molecule has 1 aromatic rings. The number of amides is 1. The number of carbonyl (C=O) groups excluding carboxylic acids is 1. The predicted octanol–water partition coefficient (Wildman–Crippen LogP) is 1.50. The monoisotopic (exact) mass is 251 g/mol. The fourth-order valence-electron chi connectivity index (χ4n) is 2.43. The molecular weight excluding hydrogens is 230 g/mol. The molecule has 2 heterocycles. The molecule has 1 amide bonds. The van der Waals surface area contributed by atoms with Crippen LogP contribution in [-0.4, -0.2) is 46.9 Å². The summed E-state index contributed by atoms with van der Waals surface area (Å²) < 4.78 is 7.08. The first kappa shape index (κ1) is 13.1. The molecule has 0 radical (unpaired) electrons. The molecule has 0 fully saturated rings. The van der Waals surface area contributed by atoms with Gasteiger partial charge in [0.05, 0.1) is 12.6 Å². The smallest absolute Gasteiger partial charge is 0.274 e. The van der Waals surface area contributed by atoms with Crippen molar-refractivity contribution >= 4 is 5.91 Å². The Kier molecular flexibility index (Phi) is 3.71. The van der Waals surface area contributed by atoms with Crippen LogP contribution in [0, 0.1) is 0 Å². The van der Waals surface area contributed by atoms with E-state index >= 15 is 0 Å². The van der Waals surface area contributed by atoms with Crippen LogP contribution in [0.5, 0.6) is 0 Å². The predicted molar refractivity (Wildman–Crippen MR) is 68.7 cm³/mol. The Bertz CT molecular complexity index is 439. The van der Waals surface area contributed by atoms with Gasteiger partial charge in [-0.05, 0) is 27.2 Å². The van der Waals surface area contributed by atoms with Crippen LogP contribution >= 0.6 is 0 Å². The average Bonchev–Trinajstić information content (AvgIpc) is 2.74. The van der Waals surface area contributed by atoms with Crippen LogP contribution in [0.1, 0.15) is 42.9 Å². The van der Waals surface area contributed by atoms with Gasteiger partial charge in [-0.2, -0.15) is 5.10 Å². The lowest BCUT2D eigenvalue weighted by Gasteiger charge is -2.33. The molecule has 1 aliphatic heterocycles. The van der Waals surface area contributed by atoms with E-state index in [0.717, 1.165) is 12.0 Å². The fourth-order valence-corrected chi connectivity index (χ4v) is 2.43.